The first-order valence-corrected chi connectivity index (χ1v) is 4.94. The summed E-state index contributed by atoms with van der Waals surface area (Å²) in [5.74, 6) is 0.148. The van der Waals surface area contributed by atoms with Gasteiger partial charge in [-0.2, -0.15) is 0 Å². The van der Waals surface area contributed by atoms with E-state index in [0.29, 0.717) is 0 Å². The van der Waals surface area contributed by atoms with Crippen molar-refractivity contribution in [2.45, 2.75) is 26.4 Å². The molecule has 0 aliphatic carbocycles. The summed E-state index contributed by atoms with van der Waals surface area (Å²) >= 11 is 0. The SMILES string of the molecule is CC1=Nc2ccccc2C1(O)C(C)C. The van der Waals surface area contributed by atoms with Crippen LogP contribution >= 0.6 is 0 Å². The molecule has 1 atom stereocenters. The Balaban J connectivity index is 2.62. The van der Waals surface area contributed by atoms with Crippen LogP contribution < -0.4 is 0 Å². The van der Waals surface area contributed by atoms with E-state index >= 15 is 0 Å². The third kappa shape index (κ3) is 1.04. The maximum atomic E-state index is 10.6. The average Bonchev–Trinajstić information content (AvgIpc) is 2.41. The second-order valence-electron chi connectivity index (χ2n) is 4.14. The van der Waals surface area contributed by atoms with Crippen molar-refractivity contribution in [1.29, 1.82) is 0 Å². The van der Waals surface area contributed by atoms with E-state index in [2.05, 4.69) is 4.99 Å². The molecule has 74 valence electrons. The maximum Gasteiger partial charge on any atom is 0.132 e. The highest BCUT2D eigenvalue weighted by atomic mass is 16.3. The third-order valence-electron chi connectivity index (χ3n) is 2.99. The first-order chi connectivity index (χ1) is 6.56. The minimum absolute atomic E-state index is 0.148. The van der Waals surface area contributed by atoms with Gasteiger partial charge in [-0.3, -0.25) is 4.99 Å². The maximum absolute atomic E-state index is 10.6. The summed E-state index contributed by atoms with van der Waals surface area (Å²) in [5, 5.41) is 10.6. The van der Waals surface area contributed by atoms with Crippen molar-refractivity contribution in [3.63, 3.8) is 0 Å². The first kappa shape index (κ1) is 9.41. The summed E-state index contributed by atoms with van der Waals surface area (Å²) in [6, 6.07) is 7.79. The Labute approximate surface area is 84.3 Å². The van der Waals surface area contributed by atoms with Crippen LogP contribution in [0.1, 0.15) is 26.3 Å². The molecule has 1 unspecified atom stereocenters. The van der Waals surface area contributed by atoms with Gasteiger partial charge in [0.05, 0.1) is 11.4 Å². The van der Waals surface area contributed by atoms with Crippen molar-refractivity contribution < 1.29 is 5.11 Å². The third-order valence-corrected chi connectivity index (χ3v) is 2.99. The van der Waals surface area contributed by atoms with Gasteiger partial charge in [0.2, 0.25) is 0 Å². The second-order valence-corrected chi connectivity index (χ2v) is 4.14. The van der Waals surface area contributed by atoms with Gasteiger partial charge in [0, 0.05) is 5.56 Å². The zero-order chi connectivity index (χ0) is 10.3. The summed E-state index contributed by atoms with van der Waals surface area (Å²) in [7, 11) is 0. The molecule has 0 aromatic heterocycles. The lowest BCUT2D eigenvalue weighted by Gasteiger charge is -2.28. The fraction of sp³-hybridized carbons (Fsp3) is 0.417. The van der Waals surface area contributed by atoms with Crippen molar-refractivity contribution in [3.8, 4) is 0 Å². The summed E-state index contributed by atoms with van der Waals surface area (Å²) in [5.41, 5.74) is 1.78. The van der Waals surface area contributed by atoms with E-state index in [1.165, 1.54) is 0 Å². The van der Waals surface area contributed by atoms with Crippen LogP contribution in [-0.2, 0) is 5.60 Å². The molecule has 1 aliphatic rings. The number of hydrogen-bond acceptors (Lipinski definition) is 2. The van der Waals surface area contributed by atoms with Gasteiger partial charge in [-0.15, -0.1) is 0 Å². The molecule has 2 rings (SSSR count). The Kier molecular flexibility index (Phi) is 1.96. The van der Waals surface area contributed by atoms with Gasteiger partial charge < -0.3 is 5.11 Å². The van der Waals surface area contributed by atoms with Crippen LogP contribution in [0.15, 0.2) is 29.3 Å². The highest BCUT2D eigenvalue weighted by Gasteiger charge is 2.41. The van der Waals surface area contributed by atoms with Crippen LogP contribution in [-0.4, -0.2) is 10.8 Å². The van der Waals surface area contributed by atoms with E-state index in [1.807, 2.05) is 45.0 Å². The highest BCUT2D eigenvalue weighted by molar-refractivity contribution is 5.98. The van der Waals surface area contributed by atoms with Gasteiger partial charge in [0.25, 0.3) is 0 Å². The summed E-state index contributed by atoms with van der Waals surface area (Å²) < 4.78 is 0. The molecule has 0 spiro atoms. The molecule has 1 aliphatic heterocycles. The van der Waals surface area contributed by atoms with Crippen molar-refractivity contribution in [2.75, 3.05) is 0 Å². The van der Waals surface area contributed by atoms with Crippen LogP contribution in [0.3, 0.4) is 0 Å². The molecule has 0 bridgehead atoms. The molecule has 1 aromatic rings. The molecule has 2 nitrogen and oxygen atoms in total. The number of benzene rings is 1. The number of rotatable bonds is 1. The van der Waals surface area contributed by atoms with E-state index in [-0.39, 0.29) is 5.92 Å². The van der Waals surface area contributed by atoms with E-state index in [9.17, 15) is 5.11 Å². The Morgan fingerprint density at radius 1 is 1.29 bits per heavy atom. The molecule has 14 heavy (non-hydrogen) atoms. The standard InChI is InChI=1S/C12H15NO/c1-8(2)12(14)9(3)13-11-7-5-4-6-10(11)12/h4-8,14H,1-3H3. The van der Waals surface area contributed by atoms with Crippen LogP contribution in [0.25, 0.3) is 0 Å². The van der Waals surface area contributed by atoms with Crippen molar-refractivity contribution in [1.82, 2.24) is 0 Å². The van der Waals surface area contributed by atoms with E-state index in [1.54, 1.807) is 0 Å². The molecule has 1 N–H and O–H groups in total. The van der Waals surface area contributed by atoms with Gasteiger partial charge >= 0.3 is 0 Å². The van der Waals surface area contributed by atoms with Crippen molar-refractivity contribution >= 4 is 11.4 Å². The number of para-hydroxylation sites is 1. The minimum atomic E-state index is -0.864. The number of fused-ring (bicyclic) bond motifs is 1. The molecular formula is C12H15NO. The first-order valence-electron chi connectivity index (χ1n) is 4.94. The normalized spacial score (nSPS) is 25.1. The smallest absolute Gasteiger partial charge is 0.132 e. The Bertz CT molecular complexity index is 395. The number of aliphatic hydroxyl groups is 1. The predicted molar refractivity (Wildman–Crippen MR) is 57.9 cm³/mol. The Morgan fingerprint density at radius 3 is 2.57 bits per heavy atom. The fourth-order valence-corrected chi connectivity index (χ4v) is 2.08. The molecule has 1 heterocycles. The number of nitrogens with zero attached hydrogens (tertiary/aromatic N) is 1. The number of aliphatic imine (C=N–C) groups is 1. The van der Waals surface area contributed by atoms with Gasteiger partial charge in [-0.05, 0) is 18.9 Å². The quantitative estimate of drug-likeness (QED) is 0.723. The largest absolute Gasteiger partial charge is 0.379 e. The van der Waals surface area contributed by atoms with Crippen LogP contribution in [0, 0.1) is 5.92 Å². The van der Waals surface area contributed by atoms with Crippen molar-refractivity contribution in [2.24, 2.45) is 10.9 Å². The number of hydrogen-bond donors (Lipinski definition) is 1. The molecule has 0 radical (unpaired) electrons. The predicted octanol–water partition coefficient (Wildman–Crippen LogP) is 2.64. The Morgan fingerprint density at radius 2 is 1.93 bits per heavy atom. The molecule has 0 fully saturated rings. The van der Waals surface area contributed by atoms with Gasteiger partial charge in [-0.25, -0.2) is 0 Å². The van der Waals surface area contributed by atoms with Crippen LogP contribution in [0.4, 0.5) is 5.69 Å². The zero-order valence-electron chi connectivity index (χ0n) is 8.78. The van der Waals surface area contributed by atoms with E-state index in [4.69, 9.17) is 0 Å². The topological polar surface area (TPSA) is 32.6 Å². The lowest BCUT2D eigenvalue weighted by atomic mass is 9.81. The van der Waals surface area contributed by atoms with Crippen molar-refractivity contribution in [3.05, 3.63) is 29.8 Å². The molecule has 0 saturated heterocycles. The molecule has 0 saturated carbocycles. The average molecular weight is 189 g/mol. The van der Waals surface area contributed by atoms with Gasteiger partial charge in [0.1, 0.15) is 5.60 Å². The van der Waals surface area contributed by atoms with E-state index < -0.39 is 5.60 Å². The highest BCUT2D eigenvalue weighted by Crippen LogP contribution is 2.42. The zero-order valence-corrected chi connectivity index (χ0v) is 8.78. The minimum Gasteiger partial charge on any atom is -0.379 e. The van der Waals surface area contributed by atoms with Gasteiger partial charge in [-0.1, -0.05) is 32.0 Å². The molecule has 0 amide bonds. The van der Waals surface area contributed by atoms with Crippen LogP contribution in [0.5, 0.6) is 0 Å². The molecule has 1 aromatic carbocycles. The summed E-state index contributed by atoms with van der Waals surface area (Å²) in [6.45, 7) is 5.92. The lowest BCUT2D eigenvalue weighted by molar-refractivity contribution is 0.0643. The second kappa shape index (κ2) is 2.92. The summed E-state index contributed by atoms with van der Waals surface area (Å²) in [6.07, 6.45) is 0. The van der Waals surface area contributed by atoms with Gasteiger partial charge in [0.15, 0.2) is 0 Å². The monoisotopic (exact) mass is 189 g/mol. The molecule has 2 heteroatoms. The Hall–Kier alpha value is -1.15. The van der Waals surface area contributed by atoms with Crippen LogP contribution in [0.2, 0.25) is 0 Å². The fourth-order valence-electron chi connectivity index (χ4n) is 2.08. The van der Waals surface area contributed by atoms with E-state index in [0.717, 1.165) is 17.0 Å². The summed E-state index contributed by atoms with van der Waals surface area (Å²) in [4.78, 5) is 4.39. The molecular weight excluding hydrogens is 174 g/mol. The lowest BCUT2D eigenvalue weighted by Crippen LogP contribution is -2.36.